The van der Waals surface area contributed by atoms with Crippen molar-refractivity contribution in [3.8, 4) is 11.5 Å². The molecule has 0 radical (unpaired) electrons. The number of benzene rings is 1. The Morgan fingerprint density at radius 1 is 1.30 bits per heavy atom. The van der Waals surface area contributed by atoms with Gasteiger partial charge >= 0.3 is 0 Å². The average molecular weight is 292 g/mol. The van der Waals surface area contributed by atoms with E-state index in [-0.39, 0.29) is 14.9 Å². The molecule has 2 nitrogen and oxygen atoms in total. The number of phenolic OH excluding ortho intramolecular Hbond substituents is 1. The monoisotopic (exact) mass is 292 g/mol. The van der Waals surface area contributed by atoms with Crippen LogP contribution in [0, 0.1) is 0 Å². The van der Waals surface area contributed by atoms with Gasteiger partial charge in [-0.15, -0.1) is 5.70 Å². The van der Waals surface area contributed by atoms with E-state index in [0.717, 1.165) is 24.3 Å². The molecule has 112 valence electrons. The SMILES string of the molecule is CC(C)=C[SiH2]CCCOc1ccc(O)c(C(C)(C)C)c1. The Bertz CT molecular complexity index is 455. The molecule has 20 heavy (non-hydrogen) atoms. The summed E-state index contributed by atoms with van der Waals surface area (Å²) in [5, 5.41) is 9.91. The first-order valence-electron chi connectivity index (χ1n) is 7.40. The first-order chi connectivity index (χ1) is 9.30. The average Bonchev–Trinajstić information content (AvgIpc) is 2.33. The molecule has 0 bridgehead atoms. The van der Waals surface area contributed by atoms with Crippen molar-refractivity contribution in [1.29, 1.82) is 0 Å². The fourth-order valence-corrected chi connectivity index (χ4v) is 3.31. The van der Waals surface area contributed by atoms with Crippen LogP contribution in [-0.2, 0) is 5.41 Å². The van der Waals surface area contributed by atoms with E-state index in [1.165, 1.54) is 11.6 Å². The molecule has 3 heteroatoms. The fourth-order valence-electron chi connectivity index (χ4n) is 2.03. The van der Waals surface area contributed by atoms with Gasteiger partial charge in [0, 0.05) is 15.1 Å². The number of hydrogen-bond acceptors (Lipinski definition) is 2. The van der Waals surface area contributed by atoms with Crippen LogP contribution in [0.15, 0.2) is 29.5 Å². The maximum Gasteiger partial charge on any atom is 0.119 e. The molecule has 0 aliphatic rings. The molecule has 0 spiro atoms. The molecule has 0 unspecified atom stereocenters. The molecule has 1 aromatic rings. The topological polar surface area (TPSA) is 29.5 Å². The molecule has 0 aromatic heterocycles. The molecule has 0 aliphatic carbocycles. The summed E-state index contributed by atoms with van der Waals surface area (Å²) < 4.78 is 5.79. The molecule has 0 aliphatic heterocycles. The van der Waals surface area contributed by atoms with Crippen molar-refractivity contribution in [2.45, 2.75) is 52.5 Å². The van der Waals surface area contributed by atoms with Crippen LogP contribution in [0.4, 0.5) is 0 Å². The van der Waals surface area contributed by atoms with Gasteiger partial charge in [-0.25, -0.2) is 0 Å². The van der Waals surface area contributed by atoms with Gasteiger partial charge in [0.15, 0.2) is 0 Å². The Balaban J connectivity index is 2.47. The normalized spacial score (nSPS) is 11.8. The standard InChI is InChI=1S/C17H28O2Si/c1-13(2)12-20-10-6-9-19-14-7-8-16(18)15(11-14)17(3,4)5/h7-8,11-12,18H,6,9-10,20H2,1-5H3. The summed E-state index contributed by atoms with van der Waals surface area (Å²) in [7, 11) is -0.0550. The molecule has 1 N–H and O–H groups in total. The second kappa shape index (κ2) is 7.53. The van der Waals surface area contributed by atoms with Crippen molar-refractivity contribution in [2.75, 3.05) is 6.61 Å². The first-order valence-corrected chi connectivity index (χ1v) is 9.22. The van der Waals surface area contributed by atoms with Gasteiger partial charge in [0.25, 0.3) is 0 Å². The van der Waals surface area contributed by atoms with Crippen LogP contribution in [0.2, 0.25) is 6.04 Å². The number of rotatable bonds is 6. The highest BCUT2D eigenvalue weighted by Gasteiger charge is 2.18. The van der Waals surface area contributed by atoms with Crippen LogP contribution in [0.1, 0.15) is 46.6 Å². The van der Waals surface area contributed by atoms with E-state index in [1.54, 1.807) is 6.07 Å². The van der Waals surface area contributed by atoms with Crippen molar-refractivity contribution in [2.24, 2.45) is 0 Å². The molecule has 0 saturated heterocycles. The molecular weight excluding hydrogens is 264 g/mol. The van der Waals surface area contributed by atoms with Gasteiger partial charge in [-0.2, -0.15) is 0 Å². The van der Waals surface area contributed by atoms with E-state index in [0.29, 0.717) is 5.75 Å². The summed E-state index contributed by atoms with van der Waals surface area (Å²) in [5.74, 6) is 1.21. The lowest BCUT2D eigenvalue weighted by Gasteiger charge is -2.21. The molecule has 0 atom stereocenters. The first kappa shape index (κ1) is 16.8. The highest BCUT2D eigenvalue weighted by molar-refractivity contribution is 6.42. The second-order valence-electron chi connectivity index (χ2n) is 6.55. The Labute approximate surface area is 125 Å². The van der Waals surface area contributed by atoms with Gasteiger partial charge in [-0.3, -0.25) is 0 Å². The van der Waals surface area contributed by atoms with Gasteiger partial charge < -0.3 is 9.84 Å². The minimum Gasteiger partial charge on any atom is -0.508 e. The van der Waals surface area contributed by atoms with Gasteiger partial charge in [-0.1, -0.05) is 32.4 Å². The quantitative estimate of drug-likeness (QED) is 0.635. The largest absolute Gasteiger partial charge is 0.508 e. The molecule has 0 fully saturated rings. The zero-order valence-corrected chi connectivity index (χ0v) is 14.9. The molecule has 0 saturated carbocycles. The number of phenols is 1. The van der Waals surface area contributed by atoms with Crippen LogP contribution in [-0.4, -0.2) is 21.2 Å². The summed E-state index contributed by atoms with van der Waals surface area (Å²) in [6, 6.07) is 6.82. The number of aromatic hydroxyl groups is 1. The predicted octanol–water partition coefficient (Wildman–Crippen LogP) is 3.97. The summed E-state index contributed by atoms with van der Waals surface area (Å²) in [5.41, 5.74) is 4.71. The highest BCUT2D eigenvalue weighted by atomic mass is 28.2. The van der Waals surface area contributed by atoms with Crippen molar-refractivity contribution in [1.82, 2.24) is 0 Å². The third-order valence-corrected chi connectivity index (χ3v) is 5.21. The van der Waals surface area contributed by atoms with E-state index in [4.69, 9.17) is 4.74 Å². The van der Waals surface area contributed by atoms with Crippen LogP contribution in [0.5, 0.6) is 11.5 Å². The zero-order chi connectivity index (χ0) is 15.2. The molecule has 0 amide bonds. The minimum atomic E-state index is -0.0696. The van der Waals surface area contributed by atoms with Gasteiger partial charge in [0.2, 0.25) is 0 Å². The molecule has 1 rings (SSSR count). The lowest BCUT2D eigenvalue weighted by molar-refractivity contribution is 0.315. The Hall–Kier alpha value is -1.22. The fraction of sp³-hybridized carbons (Fsp3) is 0.529. The van der Waals surface area contributed by atoms with E-state index in [2.05, 4.69) is 40.3 Å². The smallest absolute Gasteiger partial charge is 0.119 e. The zero-order valence-electron chi connectivity index (χ0n) is 13.5. The van der Waals surface area contributed by atoms with E-state index in [1.807, 2.05) is 12.1 Å². The van der Waals surface area contributed by atoms with Crippen LogP contribution < -0.4 is 4.74 Å². The maximum atomic E-state index is 9.91. The molecular formula is C17H28O2Si. The van der Waals surface area contributed by atoms with Crippen LogP contribution in [0.25, 0.3) is 0 Å². The van der Waals surface area contributed by atoms with E-state index in [9.17, 15) is 5.11 Å². The minimum absolute atomic E-state index is 0.0550. The van der Waals surface area contributed by atoms with Crippen molar-refractivity contribution >= 4 is 9.52 Å². The third-order valence-electron chi connectivity index (χ3n) is 3.20. The van der Waals surface area contributed by atoms with E-state index < -0.39 is 0 Å². The Morgan fingerprint density at radius 3 is 2.60 bits per heavy atom. The summed E-state index contributed by atoms with van der Waals surface area (Å²) >= 11 is 0. The second-order valence-corrected chi connectivity index (χ2v) is 8.25. The molecule has 0 heterocycles. The summed E-state index contributed by atoms with van der Waals surface area (Å²) in [4.78, 5) is 0. The van der Waals surface area contributed by atoms with Gasteiger partial charge in [0.1, 0.15) is 11.5 Å². The highest BCUT2D eigenvalue weighted by Crippen LogP contribution is 2.33. The number of hydrogen-bond donors (Lipinski definition) is 1. The van der Waals surface area contributed by atoms with Crippen molar-refractivity contribution in [3.05, 3.63) is 35.0 Å². The van der Waals surface area contributed by atoms with Crippen molar-refractivity contribution in [3.63, 3.8) is 0 Å². The Kier molecular flexibility index (Phi) is 6.34. The summed E-state index contributed by atoms with van der Waals surface area (Å²) in [6.45, 7) is 11.4. The lowest BCUT2D eigenvalue weighted by Crippen LogP contribution is -2.11. The van der Waals surface area contributed by atoms with Crippen LogP contribution in [0.3, 0.4) is 0 Å². The van der Waals surface area contributed by atoms with Crippen molar-refractivity contribution < 1.29 is 9.84 Å². The third kappa shape index (κ3) is 5.82. The van der Waals surface area contributed by atoms with Gasteiger partial charge in [-0.05, 0) is 43.9 Å². The Morgan fingerprint density at radius 2 is 2.00 bits per heavy atom. The molecule has 1 aromatic carbocycles. The lowest BCUT2D eigenvalue weighted by atomic mass is 9.86. The van der Waals surface area contributed by atoms with Crippen LogP contribution >= 0.6 is 0 Å². The number of ether oxygens (including phenoxy) is 1. The van der Waals surface area contributed by atoms with Gasteiger partial charge in [0.05, 0.1) is 6.61 Å². The maximum absolute atomic E-state index is 9.91. The predicted molar refractivity (Wildman–Crippen MR) is 89.7 cm³/mol. The summed E-state index contributed by atoms with van der Waals surface area (Å²) in [6.07, 6.45) is 1.11. The van der Waals surface area contributed by atoms with E-state index >= 15 is 0 Å². The number of allylic oxidation sites excluding steroid dienone is 1.